The maximum Gasteiger partial charge on any atom is 0.220 e. The number of hydrogen-bond donors (Lipinski definition) is 1. The van der Waals surface area contributed by atoms with E-state index in [0.717, 1.165) is 31.7 Å². The molecule has 1 aliphatic heterocycles. The molecule has 6 heteroatoms. The number of methoxy groups -OCH3 is 2. The third kappa shape index (κ3) is 5.90. The van der Waals surface area contributed by atoms with Gasteiger partial charge in [0.15, 0.2) is 11.5 Å². The minimum absolute atomic E-state index is 0.0933. The van der Waals surface area contributed by atoms with Crippen LogP contribution < -0.4 is 14.8 Å². The fourth-order valence-corrected chi connectivity index (χ4v) is 3.04. The van der Waals surface area contributed by atoms with Crippen molar-refractivity contribution in [2.45, 2.75) is 25.8 Å². The molecule has 1 saturated heterocycles. The van der Waals surface area contributed by atoms with Crippen molar-refractivity contribution in [1.29, 1.82) is 0 Å². The molecular formula is C19H31N3O3. The molecule has 6 nitrogen and oxygen atoms in total. The molecule has 1 N–H and O–H groups in total. The zero-order valence-electron chi connectivity index (χ0n) is 15.9. The second-order valence-electron chi connectivity index (χ2n) is 6.68. The predicted octanol–water partition coefficient (Wildman–Crippen LogP) is 1.39. The highest BCUT2D eigenvalue weighted by atomic mass is 16.5. The Balaban J connectivity index is 1.73. The summed E-state index contributed by atoms with van der Waals surface area (Å²) in [4.78, 5) is 16.9. The fourth-order valence-electron chi connectivity index (χ4n) is 3.04. The number of carbonyl (C=O) groups excluding carboxylic acids is 1. The van der Waals surface area contributed by atoms with E-state index < -0.39 is 0 Å². The lowest BCUT2D eigenvalue weighted by Gasteiger charge is -2.36. The summed E-state index contributed by atoms with van der Waals surface area (Å²) < 4.78 is 10.5. The van der Waals surface area contributed by atoms with Crippen LogP contribution in [-0.4, -0.2) is 75.7 Å². The molecule has 2 rings (SSSR count). The van der Waals surface area contributed by atoms with Crippen molar-refractivity contribution >= 4 is 5.91 Å². The van der Waals surface area contributed by atoms with Crippen molar-refractivity contribution in [2.75, 3.05) is 54.0 Å². The van der Waals surface area contributed by atoms with Crippen LogP contribution in [0.5, 0.6) is 11.5 Å². The van der Waals surface area contributed by atoms with Gasteiger partial charge in [-0.2, -0.15) is 0 Å². The van der Waals surface area contributed by atoms with Crippen LogP contribution >= 0.6 is 0 Å². The van der Waals surface area contributed by atoms with Gasteiger partial charge in [-0.3, -0.25) is 9.69 Å². The highest BCUT2D eigenvalue weighted by Crippen LogP contribution is 2.27. The number of piperazine rings is 1. The molecule has 1 fully saturated rings. The van der Waals surface area contributed by atoms with Gasteiger partial charge >= 0.3 is 0 Å². The number of nitrogens with one attached hydrogen (secondary N) is 1. The van der Waals surface area contributed by atoms with Crippen molar-refractivity contribution < 1.29 is 14.3 Å². The quantitative estimate of drug-likeness (QED) is 0.769. The molecule has 0 spiro atoms. The van der Waals surface area contributed by atoms with Crippen LogP contribution in [0.1, 0.15) is 18.9 Å². The van der Waals surface area contributed by atoms with Crippen molar-refractivity contribution in [3.8, 4) is 11.5 Å². The van der Waals surface area contributed by atoms with Crippen LogP contribution in [0.25, 0.3) is 0 Å². The van der Waals surface area contributed by atoms with Gasteiger partial charge in [0.2, 0.25) is 5.91 Å². The third-order valence-corrected chi connectivity index (χ3v) is 4.84. The van der Waals surface area contributed by atoms with E-state index in [1.54, 1.807) is 14.2 Å². The summed E-state index contributed by atoms with van der Waals surface area (Å²) in [6.45, 7) is 7.21. The third-order valence-electron chi connectivity index (χ3n) is 4.84. The molecule has 0 radical (unpaired) electrons. The Kier molecular flexibility index (Phi) is 7.52. The molecule has 0 aromatic heterocycles. The second kappa shape index (κ2) is 9.63. The van der Waals surface area contributed by atoms with E-state index >= 15 is 0 Å². The monoisotopic (exact) mass is 349 g/mol. The molecule has 140 valence electrons. The molecule has 1 aromatic carbocycles. The van der Waals surface area contributed by atoms with Gasteiger partial charge in [-0.05, 0) is 38.1 Å². The van der Waals surface area contributed by atoms with Crippen LogP contribution in [0.4, 0.5) is 0 Å². The maximum absolute atomic E-state index is 12.1. The smallest absolute Gasteiger partial charge is 0.220 e. The average Bonchev–Trinajstić information content (AvgIpc) is 2.64. The summed E-state index contributed by atoms with van der Waals surface area (Å²) in [7, 11) is 5.39. The summed E-state index contributed by atoms with van der Waals surface area (Å²) in [5.41, 5.74) is 1.07. The largest absolute Gasteiger partial charge is 0.493 e. The van der Waals surface area contributed by atoms with Gasteiger partial charge in [0.25, 0.3) is 0 Å². The van der Waals surface area contributed by atoms with Crippen molar-refractivity contribution in [3.05, 3.63) is 23.8 Å². The summed E-state index contributed by atoms with van der Waals surface area (Å²) in [6.07, 6.45) is 1.17. The van der Waals surface area contributed by atoms with E-state index in [4.69, 9.17) is 9.47 Å². The van der Waals surface area contributed by atoms with E-state index in [1.165, 1.54) is 0 Å². The number of rotatable bonds is 8. The van der Waals surface area contributed by atoms with Crippen LogP contribution in [0.3, 0.4) is 0 Å². The van der Waals surface area contributed by atoms with Crippen molar-refractivity contribution in [2.24, 2.45) is 0 Å². The number of amides is 1. The Morgan fingerprint density at radius 3 is 2.48 bits per heavy atom. The first-order valence-electron chi connectivity index (χ1n) is 8.93. The van der Waals surface area contributed by atoms with Gasteiger partial charge in [-0.1, -0.05) is 6.07 Å². The SMILES string of the molecule is COc1ccc(CCC(=O)NC[C@H](C)N2CCN(C)CC2)cc1OC. The zero-order valence-corrected chi connectivity index (χ0v) is 15.9. The van der Waals surface area contributed by atoms with Gasteiger partial charge < -0.3 is 19.7 Å². The lowest BCUT2D eigenvalue weighted by atomic mass is 10.1. The number of nitrogens with zero attached hydrogens (tertiary/aromatic N) is 2. The first-order chi connectivity index (χ1) is 12.0. The number of likely N-dealkylation sites (N-methyl/N-ethyl adjacent to an activating group) is 1. The standard InChI is InChI=1S/C19H31N3O3/c1-15(22-11-9-21(2)10-12-22)14-20-19(23)8-6-16-5-7-17(24-3)18(13-16)25-4/h5,7,13,15H,6,8-12,14H2,1-4H3,(H,20,23)/t15-/m0/s1. The Labute approximate surface area is 151 Å². The first-order valence-corrected chi connectivity index (χ1v) is 8.93. The molecular weight excluding hydrogens is 318 g/mol. The molecule has 0 saturated carbocycles. The maximum atomic E-state index is 12.1. The lowest BCUT2D eigenvalue weighted by Crippen LogP contribution is -2.51. The summed E-state index contributed by atoms with van der Waals surface area (Å²) in [5, 5.41) is 3.06. The predicted molar refractivity (Wildman–Crippen MR) is 99.4 cm³/mol. The number of hydrogen-bond acceptors (Lipinski definition) is 5. The van der Waals surface area contributed by atoms with E-state index in [9.17, 15) is 4.79 Å². The molecule has 1 atom stereocenters. The summed E-state index contributed by atoms with van der Waals surface area (Å²) in [5.74, 6) is 1.50. The zero-order chi connectivity index (χ0) is 18.2. The van der Waals surface area contributed by atoms with Gasteiger partial charge in [0, 0.05) is 45.2 Å². The molecule has 0 bridgehead atoms. The highest BCUT2D eigenvalue weighted by Gasteiger charge is 2.19. The second-order valence-corrected chi connectivity index (χ2v) is 6.68. The summed E-state index contributed by atoms with van der Waals surface area (Å²) >= 11 is 0. The number of carbonyl (C=O) groups is 1. The topological polar surface area (TPSA) is 54.0 Å². The normalized spacial score (nSPS) is 17.1. The van der Waals surface area contributed by atoms with Gasteiger partial charge in [0.1, 0.15) is 0 Å². The van der Waals surface area contributed by atoms with Gasteiger partial charge in [-0.15, -0.1) is 0 Å². The average molecular weight is 349 g/mol. The molecule has 25 heavy (non-hydrogen) atoms. The lowest BCUT2D eigenvalue weighted by molar-refractivity contribution is -0.121. The van der Waals surface area contributed by atoms with E-state index in [1.807, 2.05) is 18.2 Å². The van der Waals surface area contributed by atoms with E-state index in [0.29, 0.717) is 36.9 Å². The molecule has 1 aromatic rings. The first kappa shape index (κ1) is 19.5. The van der Waals surface area contributed by atoms with Gasteiger partial charge in [0.05, 0.1) is 14.2 Å². The minimum Gasteiger partial charge on any atom is -0.493 e. The van der Waals surface area contributed by atoms with Crippen LogP contribution in [0, 0.1) is 0 Å². The van der Waals surface area contributed by atoms with Gasteiger partial charge in [-0.25, -0.2) is 0 Å². The van der Waals surface area contributed by atoms with Crippen molar-refractivity contribution in [3.63, 3.8) is 0 Å². The fraction of sp³-hybridized carbons (Fsp3) is 0.632. The van der Waals surface area contributed by atoms with Crippen LogP contribution in [0.15, 0.2) is 18.2 Å². The molecule has 1 aliphatic rings. The Morgan fingerprint density at radius 1 is 1.16 bits per heavy atom. The van der Waals surface area contributed by atoms with Crippen LogP contribution in [0.2, 0.25) is 0 Å². The Hall–Kier alpha value is -1.79. The molecule has 1 amide bonds. The summed E-state index contributed by atoms with van der Waals surface area (Å²) in [6, 6.07) is 6.15. The molecule has 1 heterocycles. The number of ether oxygens (including phenoxy) is 2. The minimum atomic E-state index is 0.0933. The van der Waals surface area contributed by atoms with Crippen molar-refractivity contribution in [1.82, 2.24) is 15.1 Å². The number of aryl methyl sites for hydroxylation is 1. The molecule has 0 unspecified atom stereocenters. The molecule has 0 aliphatic carbocycles. The Morgan fingerprint density at radius 2 is 1.84 bits per heavy atom. The Bertz CT molecular complexity index is 557. The van der Waals surface area contributed by atoms with E-state index in [-0.39, 0.29) is 5.91 Å². The van der Waals surface area contributed by atoms with E-state index in [2.05, 4.69) is 29.1 Å². The highest BCUT2D eigenvalue weighted by molar-refractivity contribution is 5.76. The van der Waals surface area contributed by atoms with Crippen LogP contribution in [-0.2, 0) is 11.2 Å². The number of benzene rings is 1.